The smallest absolute Gasteiger partial charge is 0.312 e. The van der Waals surface area contributed by atoms with Gasteiger partial charge in [0.05, 0.1) is 17.6 Å². The van der Waals surface area contributed by atoms with Gasteiger partial charge in [-0.1, -0.05) is 0 Å². The molecule has 1 aliphatic rings. The molecule has 0 aromatic heterocycles. The minimum atomic E-state index is -3.08. The summed E-state index contributed by atoms with van der Waals surface area (Å²) in [5.74, 6) is -1.32. The van der Waals surface area contributed by atoms with Gasteiger partial charge < -0.3 is 15.0 Å². The van der Waals surface area contributed by atoms with Crippen molar-refractivity contribution < 1.29 is 22.7 Å². The summed E-state index contributed by atoms with van der Waals surface area (Å²) in [6.07, 6.45) is 1.16. The Bertz CT molecular complexity index is 489. The van der Waals surface area contributed by atoms with Crippen LogP contribution in [0.2, 0.25) is 0 Å². The van der Waals surface area contributed by atoms with Gasteiger partial charge in [0.2, 0.25) is 0 Å². The van der Waals surface area contributed by atoms with Crippen molar-refractivity contribution in [3.05, 3.63) is 0 Å². The fourth-order valence-corrected chi connectivity index (χ4v) is 4.12. The molecule has 1 atom stereocenters. The predicted octanol–water partition coefficient (Wildman–Crippen LogP) is -0.0467. The molecular formula is C14H26N2O5S. The van der Waals surface area contributed by atoms with E-state index in [4.69, 9.17) is 4.74 Å². The number of hydrogen-bond acceptors (Lipinski definition) is 5. The molecule has 0 aliphatic carbocycles. The van der Waals surface area contributed by atoms with Crippen LogP contribution in [0.5, 0.6) is 0 Å². The Morgan fingerprint density at radius 3 is 2.55 bits per heavy atom. The van der Waals surface area contributed by atoms with Gasteiger partial charge in [-0.3, -0.25) is 9.59 Å². The largest absolute Gasteiger partial charge is 0.379 e. The van der Waals surface area contributed by atoms with E-state index in [0.717, 1.165) is 0 Å². The Kier molecular flexibility index (Phi) is 7.28. The number of likely N-dealkylation sites (N-methyl/N-ethyl adjacent to an activating group) is 1. The average molecular weight is 334 g/mol. The van der Waals surface area contributed by atoms with Crippen LogP contribution in [0.15, 0.2) is 0 Å². The van der Waals surface area contributed by atoms with Crippen LogP contribution in [-0.4, -0.2) is 68.5 Å². The molecule has 1 heterocycles. The van der Waals surface area contributed by atoms with Crippen LogP contribution in [0.25, 0.3) is 0 Å². The first-order valence-electron chi connectivity index (χ1n) is 7.67. The van der Waals surface area contributed by atoms with Gasteiger partial charge in [-0.15, -0.1) is 0 Å². The number of sulfone groups is 1. The summed E-state index contributed by atoms with van der Waals surface area (Å²) >= 11 is 0. The van der Waals surface area contributed by atoms with Gasteiger partial charge in [-0.25, -0.2) is 8.42 Å². The number of hydrogen-bond donors (Lipinski definition) is 1. The molecule has 2 amide bonds. The van der Waals surface area contributed by atoms with E-state index in [1.54, 1.807) is 6.92 Å². The van der Waals surface area contributed by atoms with Crippen molar-refractivity contribution >= 4 is 21.7 Å². The van der Waals surface area contributed by atoms with E-state index in [2.05, 4.69) is 5.32 Å². The molecule has 1 N–H and O–H groups in total. The number of rotatable bonds is 7. The third-order valence-corrected chi connectivity index (χ3v) is 5.25. The molecule has 1 fully saturated rings. The van der Waals surface area contributed by atoms with E-state index in [9.17, 15) is 18.0 Å². The van der Waals surface area contributed by atoms with Crippen molar-refractivity contribution in [3.8, 4) is 0 Å². The number of carbonyl (C=O) groups excluding carboxylic acids is 2. The van der Waals surface area contributed by atoms with Crippen LogP contribution < -0.4 is 5.32 Å². The predicted molar refractivity (Wildman–Crippen MR) is 83.2 cm³/mol. The van der Waals surface area contributed by atoms with Crippen LogP contribution >= 0.6 is 0 Å². The number of ether oxygens (including phenoxy) is 1. The van der Waals surface area contributed by atoms with Gasteiger partial charge in [0, 0.05) is 25.7 Å². The first-order valence-corrected chi connectivity index (χ1v) is 9.49. The molecule has 1 saturated heterocycles. The molecule has 1 aliphatic heterocycles. The topological polar surface area (TPSA) is 92.8 Å². The van der Waals surface area contributed by atoms with Gasteiger partial charge in [0.25, 0.3) is 0 Å². The first kappa shape index (κ1) is 18.9. The van der Waals surface area contributed by atoms with Crippen molar-refractivity contribution in [2.75, 3.05) is 31.2 Å². The summed E-state index contributed by atoms with van der Waals surface area (Å²) in [7, 11) is -3.08. The first-order chi connectivity index (χ1) is 10.3. The minimum Gasteiger partial charge on any atom is -0.379 e. The van der Waals surface area contributed by atoms with E-state index in [1.807, 2.05) is 13.8 Å². The number of carbonyl (C=O) groups is 2. The van der Waals surface area contributed by atoms with E-state index < -0.39 is 27.7 Å². The van der Waals surface area contributed by atoms with E-state index >= 15 is 0 Å². The fourth-order valence-electron chi connectivity index (χ4n) is 2.39. The Morgan fingerprint density at radius 2 is 2.05 bits per heavy atom. The molecule has 0 bridgehead atoms. The Labute approximate surface area is 132 Å². The van der Waals surface area contributed by atoms with Gasteiger partial charge >= 0.3 is 11.8 Å². The van der Waals surface area contributed by atoms with Crippen LogP contribution in [0.3, 0.4) is 0 Å². The highest BCUT2D eigenvalue weighted by atomic mass is 32.2. The van der Waals surface area contributed by atoms with Crippen LogP contribution in [0.1, 0.15) is 33.6 Å². The lowest BCUT2D eigenvalue weighted by Gasteiger charge is -2.26. The second-order valence-corrected chi connectivity index (χ2v) is 7.91. The molecule has 0 radical (unpaired) electrons. The Morgan fingerprint density at radius 1 is 1.36 bits per heavy atom. The summed E-state index contributed by atoms with van der Waals surface area (Å²) in [4.78, 5) is 25.3. The zero-order valence-corrected chi connectivity index (χ0v) is 14.3. The van der Waals surface area contributed by atoms with Crippen molar-refractivity contribution in [2.24, 2.45) is 0 Å². The lowest BCUT2D eigenvalue weighted by molar-refractivity contribution is -0.147. The molecule has 7 nitrogen and oxygen atoms in total. The van der Waals surface area contributed by atoms with Crippen LogP contribution in [-0.2, 0) is 24.2 Å². The molecule has 8 heteroatoms. The maximum atomic E-state index is 12.1. The van der Waals surface area contributed by atoms with E-state index in [-0.39, 0.29) is 17.6 Å². The quantitative estimate of drug-likeness (QED) is 0.521. The third kappa shape index (κ3) is 5.92. The number of nitrogens with zero attached hydrogens (tertiary/aromatic N) is 1. The highest BCUT2D eigenvalue weighted by molar-refractivity contribution is 7.91. The maximum absolute atomic E-state index is 12.1. The minimum absolute atomic E-state index is 0.0535. The number of amides is 2. The molecule has 22 heavy (non-hydrogen) atoms. The van der Waals surface area contributed by atoms with Gasteiger partial charge in [0.15, 0.2) is 9.84 Å². The highest BCUT2D eigenvalue weighted by Crippen LogP contribution is 2.17. The second-order valence-electron chi connectivity index (χ2n) is 5.68. The number of nitrogens with one attached hydrogen (secondary N) is 1. The zero-order valence-electron chi connectivity index (χ0n) is 13.5. The van der Waals surface area contributed by atoms with E-state index in [0.29, 0.717) is 32.5 Å². The van der Waals surface area contributed by atoms with E-state index in [1.165, 1.54) is 4.90 Å². The van der Waals surface area contributed by atoms with Gasteiger partial charge in [-0.05, 0) is 33.6 Å². The molecule has 1 rings (SSSR count). The molecule has 128 valence electrons. The van der Waals surface area contributed by atoms with Crippen molar-refractivity contribution in [3.63, 3.8) is 0 Å². The highest BCUT2D eigenvalue weighted by Gasteiger charge is 2.35. The Hall–Kier alpha value is -1.15. The average Bonchev–Trinajstić information content (AvgIpc) is 2.78. The van der Waals surface area contributed by atoms with Crippen molar-refractivity contribution in [2.45, 2.75) is 45.8 Å². The SMILES string of the molecule is CCN(C(=O)C(=O)NCCCOC(C)C)C1CCS(=O)(=O)C1. The summed E-state index contributed by atoms with van der Waals surface area (Å²) < 4.78 is 28.3. The normalized spacial score (nSPS) is 20.1. The lowest BCUT2D eigenvalue weighted by atomic mass is 10.2. The third-order valence-electron chi connectivity index (χ3n) is 3.50. The van der Waals surface area contributed by atoms with Crippen molar-refractivity contribution in [1.29, 1.82) is 0 Å². The maximum Gasteiger partial charge on any atom is 0.312 e. The lowest BCUT2D eigenvalue weighted by Crippen LogP contribution is -2.48. The fraction of sp³-hybridized carbons (Fsp3) is 0.857. The molecule has 1 unspecified atom stereocenters. The monoisotopic (exact) mass is 334 g/mol. The van der Waals surface area contributed by atoms with Gasteiger partial charge in [-0.2, -0.15) is 0 Å². The summed E-state index contributed by atoms with van der Waals surface area (Å²) in [5.41, 5.74) is 0. The van der Waals surface area contributed by atoms with Gasteiger partial charge in [0.1, 0.15) is 0 Å². The standard InChI is InChI=1S/C14H26N2O5S/c1-4-16(12-6-9-22(19,20)10-12)14(18)13(17)15-7-5-8-21-11(2)3/h11-12H,4-10H2,1-3H3,(H,15,17). The second kappa shape index (κ2) is 8.47. The van der Waals surface area contributed by atoms with Crippen LogP contribution in [0.4, 0.5) is 0 Å². The summed E-state index contributed by atoms with van der Waals surface area (Å²) in [6, 6.07) is -0.391. The summed E-state index contributed by atoms with van der Waals surface area (Å²) in [6.45, 7) is 6.80. The van der Waals surface area contributed by atoms with Crippen molar-refractivity contribution in [1.82, 2.24) is 10.2 Å². The molecule has 0 spiro atoms. The molecule has 0 aromatic rings. The summed E-state index contributed by atoms with van der Waals surface area (Å²) in [5, 5.41) is 2.56. The molecule has 0 aromatic carbocycles. The molecule has 0 saturated carbocycles. The molecular weight excluding hydrogens is 308 g/mol. The Balaban J connectivity index is 2.42. The zero-order chi connectivity index (χ0) is 16.8. The van der Waals surface area contributed by atoms with Crippen LogP contribution in [0, 0.1) is 0 Å².